The fourth-order valence-corrected chi connectivity index (χ4v) is 3.11. The lowest BCUT2D eigenvalue weighted by Crippen LogP contribution is -2.55. The van der Waals surface area contributed by atoms with Crippen LogP contribution in [0.1, 0.15) is 18.1 Å². The summed E-state index contributed by atoms with van der Waals surface area (Å²) in [5.41, 5.74) is -0.394. The summed E-state index contributed by atoms with van der Waals surface area (Å²) in [4.78, 5) is 15.7. The van der Waals surface area contributed by atoms with Crippen LogP contribution in [0.15, 0.2) is 42.5 Å². The third kappa shape index (κ3) is 4.10. The van der Waals surface area contributed by atoms with E-state index in [1.807, 2.05) is 0 Å². The third-order valence-electron chi connectivity index (χ3n) is 4.66. The van der Waals surface area contributed by atoms with Crippen LogP contribution in [0.4, 0.5) is 27.6 Å². The van der Waals surface area contributed by atoms with Crippen LogP contribution in [0, 0.1) is 11.6 Å². The van der Waals surface area contributed by atoms with Crippen molar-refractivity contribution in [1.82, 2.24) is 4.90 Å². The molecule has 1 heterocycles. The number of carbonyl (C=O) groups excluding carboxylic acids is 1. The molecular weight excluding hydrogens is 367 g/mol. The van der Waals surface area contributed by atoms with Crippen LogP contribution < -0.4 is 4.90 Å². The molecule has 144 valence electrons. The first-order chi connectivity index (χ1) is 12.7. The molecule has 3 nitrogen and oxygen atoms in total. The first-order valence-corrected chi connectivity index (χ1v) is 8.33. The van der Waals surface area contributed by atoms with Gasteiger partial charge in [-0.15, -0.1) is 0 Å². The zero-order valence-corrected chi connectivity index (χ0v) is 14.4. The van der Waals surface area contributed by atoms with Gasteiger partial charge in [-0.2, -0.15) is 13.2 Å². The number of hydrogen-bond donors (Lipinski definition) is 0. The maximum atomic E-state index is 13.9. The van der Waals surface area contributed by atoms with Crippen molar-refractivity contribution in [3.05, 3.63) is 65.2 Å². The number of carbonyl (C=O) groups is 1. The Kier molecular flexibility index (Phi) is 5.19. The van der Waals surface area contributed by atoms with Gasteiger partial charge in [0, 0.05) is 37.0 Å². The van der Waals surface area contributed by atoms with Crippen molar-refractivity contribution in [2.24, 2.45) is 0 Å². The van der Waals surface area contributed by atoms with E-state index in [4.69, 9.17) is 0 Å². The Bertz CT molecular complexity index is 852. The number of amides is 1. The van der Waals surface area contributed by atoms with Gasteiger partial charge in [0.1, 0.15) is 11.6 Å². The lowest BCUT2D eigenvalue weighted by molar-refractivity contribution is -0.137. The monoisotopic (exact) mass is 384 g/mol. The van der Waals surface area contributed by atoms with Gasteiger partial charge >= 0.3 is 6.18 Å². The molecule has 1 amide bonds. The summed E-state index contributed by atoms with van der Waals surface area (Å²) in [6, 6.07) is 7.19. The zero-order chi connectivity index (χ0) is 19.8. The van der Waals surface area contributed by atoms with Gasteiger partial charge in [0.05, 0.1) is 11.6 Å². The second-order valence-electron chi connectivity index (χ2n) is 6.42. The van der Waals surface area contributed by atoms with E-state index in [1.54, 1.807) is 11.8 Å². The minimum Gasteiger partial charge on any atom is -0.310 e. The molecule has 0 aromatic heterocycles. The number of rotatable bonds is 3. The van der Waals surface area contributed by atoms with Crippen LogP contribution in [0.25, 0.3) is 0 Å². The fourth-order valence-electron chi connectivity index (χ4n) is 3.11. The number of hydrogen-bond acceptors (Lipinski definition) is 2. The Balaban J connectivity index is 1.77. The van der Waals surface area contributed by atoms with E-state index in [1.165, 1.54) is 23.1 Å². The number of nitrogens with zero attached hydrogens (tertiary/aromatic N) is 2. The molecule has 0 aliphatic carbocycles. The highest BCUT2D eigenvalue weighted by atomic mass is 19.4. The lowest BCUT2D eigenvalue weighted by Gasteiger charge is -2.39. The van der Waals surface area contributed by atoms with Crippen molar-refractivity contribution in [3.63, 3.8) is 0 Å². The van der Waals surface area contributed by atoms with E-state index in [-0.39, 0.29) is 30.2 Å². The Morgan fingerprint density at radius 1 is 1.07 bits per heavy atom. The van der Waals surface area contributed by atoms with E-state index in [0.717, 1.165) is 24.3 Å². The second-order valence-corrected chi connectivity index (χ2v) is 6.42. The van der Waals surface area contributed by atoms with Gasteiger partial charge in [-0.1, -0.05) is 12.1 Å². The van der Waals surface area contributed by atoms with Crippen LogP contribution in [0.5, 0.6) is 0 Å². The van der Waals surface area contributed by atoms with E-state index in [0.29, 0.717) is 6.54 Å². The van der Waals surface area contributed by atoms with Crippen LogP contribution in [-0.2, 0) is 17.5 Å². The van der Waals surface area contributed by atoms with Crippen molar-refractivity contribution in [2.75, 3.05) is 18.0 Å². The summed E-state index contributed by atoms with van der Waals surface area (Å²) in [5.74, 6) is -1.76. The Morgan fingerprint density at radius 2 is 1.81 bits per heavy atom. The molecule has 0 radical (unpaired) electrons. The number of alkyl halides is 3. The molecule has 0 spiro atoms. The second kappa shape index (κ2) is 7.26. The molecule has 1 fully saturated rings. The molecule has 1 saturated heterocycles. The number of benzene rings is 2. The number of piperazine rings is 1. The molecule has 1 aliphatic rings. The smallest absolute Gasteiger partial charge is 0.310 e. The van der Waals surface area contributed by atoms with Crippen molar-refractivity contribution in [3.8, 4) is 0 Å². The molecule has 0 bridgehead atoms. The molecule has 27 heavy (non-hydrogen) atoms. The minimum atomic E-state index is -4.49. The molecule has 1 atom stereocenters. The fraction of sp³-hybridized carbons (Fsp3) is 0.316. The van der Waals surface area contributed by atoms with E-state index >= 15 is 0 Å². The van der Waals surface area contributed by atoms with Crippen molar-refractivity contribution in [2.45, 2.75) is 25.7 Å². The quantitative estimate of drug-likeness (QED) is 0.740. The van der Waals surface area contributed by atoms with Crippen molar-refractivity contribution in [1.29, 1.82) is 0 Å². The highest BCUT2D eigenvalue weighted by Gasteiger charge is 2.35. The van der Waals surface area contributed by atoms with Gasteiger partial charge in [0.25, 0.3) is 0 Å². The van der Waals surface area contributed by atoms with Gasteiger partial charge < -0.3 is 4.90 Å². The lowest BCUT2D eigenvalue weighted by atomic mass is 10.1. The van der Waals surface area contributed by atoms with Crippen LogP contribution in [0.2, 0.25) is 0 Å². The van der Waals surface area contributed by atoms with Crippen molar-refractivity contribution < 1.29 is 26.7 Å². The Labute approximate surface area is 153 Å². The first-order valence-electron chi connectivity index (χ1n) is 8.33. The van der Waals surface area contributed by atoms with E-state index < -0.39 is 29.4 Å². The van der Waals surface area contributed by atoms with Crippen LogP contribution >= 0.6 is 0 Å². The normalized spacial score (nSPS) is 18.8. The Morgan fingerprint density at radius 3 is 2.48 bits per heavy atom. The average molecular weight is 384 g/mol. The summed E-state index contributed by atoms with van der Waals surface area (Å²) in [7, 11) is 0. The molecule has 0 saturated carbocycles. The van der Waals surface area contributed by atoms with Gasteiger partial charge in [0.2, 0.25) is 5.91 Å². The number of halogens is 5. The molecule has 2 aromatic rings. The summed E-state index contributed by atoms with van der Waals surface area (Å²) >= 11 is 0. The zero-order valence-electron chi connectivity index (χ0n) is 14.4. The maximum Gasteiger partial charge on any atom is 0.416 e. The summed E-state index contributed by atoms with van der Waals surface area (Å²) in [6.45, 7) is 2.24. The van der Waals surface area contributed by atoms with Crippen LogP contribution in [0.3, 0.4) is 0 Å². The van der Waals surface area contributed by atoms with Crippen molar-refractivity contribution >= 4 is 11.6 Å². The molecule has 2 aromatic carbocycles. The summed E-state index contributed by atoms with van der Waals surface area (Å²) in [5, 5.41) is 0. The van der Waals surface area contributed by atoms with E-state index in [9.17, 15) is 26.7 Å². The van der Waals surface area contributed by atoms with Gasteiger partial charge in [-0.05, 0) is 31.2 Å². The van der Waals surface area contributed by atoms with E-state index in [2.05, 4.69) is 0 Å². The number of anilines is 1. The third-order valence-corrected chi connectivity index (χ3v) is 4.66. The molecular formula is C19H17F5N2O. The molecule has 3 rings (SSSR count). The Hall–Kier alpha value is -2.48. The maximum absolute atomic E-state index is 13.9. The highest BCUT2D eigenvalue weighted by Crippen LogP contribution is 2.32. The van der Waals surface area contributed by atoms with Crippen LogP contribution in [-0.4, -0.2) is 29.9 Å². The predicted octanol–water partition coefficient (Wildman–Crippen LogP) is 4.22. The molecule has 1 aliphatic heterocycles. The summed E-state index contributed by atoms with van der Waals surface area (Å²) in [6.07, 6.45) is -4.49. The highest BCUT2D eigenvalue weighted by molar-refractivity contribution is 5.97. The minimum absolute atomic E-state index is 0.107. The molecule has 0 unspecified atom stereocenters. The average Bonchev–Trinajstić information content (AvgIpc) is 2.60. The van der Waals surface area contributed by atoms with Gasteiger partial charge in [-0.25, -0.2) is 8.78 Å². The SMILES string of the molecule is C[C@H]1C(=O)N(c2cccc(C(F)(F)F)c2)CCN1Cc1ccc(F)cc1F. The largest absolute Gasteiger partial charge is 0.416 e. The summed E-state index contributed by atoms with van der Waals surface area (Å²) < 4.78 is 65.6. The predicted molar refractivity (Wildman–Crippen MR) is 90.0 cm³/mol. The molecule has 0 N–H and O–H groups in total. The molecule has 8 heteroatoms. The standard InChI is InChI=1S/C19H17F5N2O/c1-12-18(27)26(16-4-2-3-14(9-16)19(22,23)24)8-7-25(12)11-13-5-6-15(20)10-17(13)21/h2-6,9-10,12H,7-8,11H2,1H3/t12-/m0/s1. The van der Waals surface area contributed by atoms with Gasteiger partial charge in [0.15, 0.2) is 0 Å². The topological polar surface area (TPSA) is 23.6 Å². The van der Waals surface area contributed by atoms with Gasteiger partial charge in [-0.3, -0.25) is 9.69 Å². The first kappa shape index (κ1) is 19.3.